The van der Waals surface area contributed by atoms with Crippen molar-refractivity contribution >= 4 is 34.7 Å². The number of allylic oxidation sites excluding steroid dienone is 12. The van der Waals surface area contributed by atoms with E-state index >= 15 is 0 Å². The quantitative estimate of drug-likeness (QED) is 0.109. The van der Waals surface area contributed by atoms with Crippen LogP contribution in [-0.2, 0) is 69.0 Å². The van der Waals surface area contributed by atoms with Gasteiger partial charge >= 0.3 is 0 Å². The molecule has 0 aliphatic heterocycles. The zero-order chi connectivity index (χ0) is 40.4. The maximum atomic E-state index is 10.4. The van der Waals surface area contributed by atoms with Gasteiger partial charge in [0.05, 0.1) is 34.6 Å². The molecule has 12 nitrogen and oxygen atoms in total. The molecular formula is C36H60Ir2O12. The summed E-state index contributed by atoms with van der Waals surface area (Å²) in [5, 5.41) is 51.9. The SMILES string of the molecule is CC(=O)C(C)=C(C)O.CC(=O)C(C)=C(C)O.CC(=O)C(C)=C(C)O.CC(=O)C(C)=C(C)O.CC(=O)C(C)=C(C)O.CC(=O)C(C)=C(C)O.[Ir].[Ir]. The van der Waals surface area contributed by atoms with Gasteiger partial charge in [-0.1, -0.05) is 0 Å². The van der Waals surface area contributed by atoms with Gasteiger partial charge in [-0.15, -0.1) is 0 Å². The van der Waals surface area contributed by atoms with Crippen molar-refractivity contribution in [2.75, 3.05) is 0 Å². The van der Waals surface area contributed by atoms with Crippen LogP contribution in [0.3, 0.4) is 0 Å². The maximum Gasteiger partial charge on any atom is 0.158 e. The van der Waals surface area contributed by atoms with Gasteiger partial charge in [-0.05, 0) is 125 Å². The normalized spacial score (nSPS) is 12.4. The van der Waals surface area contributed by atoms with E-state index in [1.54, 1.807) is 41.5 Å². The number of hydrogen-bond acceptors (Lipinski definition) is 12. The van der Waals surface area contributed by atoms with E-state index in [-0.39, 0.29) is 109 Å². The van der Waals surface area contributed by atoms with E-state index in [2.05, 4.69) is 0 Å². The summed E-state index contributed by atoms with van der Waals surface area (Å²) in [4.78, 5) is 62.2. The predicted octanol–water partition coefficient (Wildman–Crippen LogP) is 8.56. The van der Waals surface area contributed by atoms with Crippen LogP contribution in [0.4, 0.5) is 0 Å². The van der Waals surface area contributed by atoms with E-state index in [1.165, 1.54) is 83.1 Å². The second-order valence-electron chi connectivity index (χ2n) is 10.6. The molecule has 0 aliphatic carbocycles. The molecule has 0 aromatic rings. The van der Waals surface area contributed by atoms with Gasteiger partial charge in [0, 0.05) is 73.6 Å². The van der Waals surface area contributed by atoms with Crippen LogP contribution in [0.2, 0.25) is 0 Å². The molecule has 0 aliphatic rings. The van der Waals surface area contributed by atoms with Crippen molar-refractivity contribution in [1.29, 1.82) is 0 Å². The van der Waals surface area contributed by atoms with Gasteiger partial charge in [-0.3, -0.25) is 28.8 Å². The number of carbonyl (C=O) groups excluding carboxylic acids is 6. The Morgan fingerprint density at radius 2 is 0.280 bits per heavy atom. The van der Waals surface area contributed by atoms with E-state index < -0.39 is 0 Å². The van der Waals surface area contributed by atoms with Crippen molar-refractivity contribution in [2.45, 2.75) is 125 Å². The first-order valence-electron chi connectivity index (χ1n) is 14.6. The Morgan fingerprint density at radius 1 is 0.220 bits per heavy atom. The Kier molecular flexibility index (Phi) is 46.0. The van der Waals surface area contributed by atoms with Crippen molar-refractivity contribution < 1.29 is 99.6 Å². The molecule has 14 heteroatoms. The number of hydrogen-bond donors (Lipinski definition) is 6. The number of carbonyl (C=O) groups is 6. The van der Waals surface area contributed by atoms with Crippen LogP contribution in [0.15, 0.2) is 68.0 Å². The molecule has 0 spiro atoms. The summed E-state index contributed by atoms with van der Waals surface area (Å²) in [5.74, 6) is 0.181. The molecule has 0 saturated heterocycles. The van der Waals surface area contributed by atoms with Crippen LogP contribution >= 0.6 is 0 Å². The van der Waals surface area contributed by atoms with Crippen LogP contribution in [0, 0.1) is 0 Å². The minimum Gasteiger partial charge on any atom is -0.512 e. The third-order valence-corrected chi connectivity index (χ3v) is 6.42. The standard InChI is InChI=1S/6C6H10O2.2Ir/c6*1-4(5(2)7)6(3)8;;/h6*7H,1-3H3;;. The molecule has 0 saturated carbocycles. The largest absolute Gasteiger partial charge is 0.512 e. The second-order valence-corrected chi connectivity index (χ2v) is 10.6. The molecular weight excluding hydrogens is 1010 g/mol. The van der Waals surface area contributed by atoms with Gasteiger partial charge in [-0.25, -0.2) is 0 Å². The molecule has 294 valence electrons. The zero-order valence-electron chi connectivity index (χ0n) is 32.8. The Hall–Kier alpha value is -3.44. The number of ketones is 6. The molecule has 0 unspecified atom stereocenters. The molecule has 0 fully saturated rings. The molecule has 0 heterocycles. The molecule has 0 amide bonds. The van der Waals surface area contributed by atoms with E-state index in [0.29, 0.717) is 33.4 Å². The summed E-state index contributed by atoms with van der Waals surface area (Å²) >= 11 is 0. The number of aliphatic hydroxyl groups excluding tert-OH is 6. The van der Waals surface area contributed by atoms with E-state index in [4.69, 9.17) is 30.6 Å². The first kappa shape index (κ1) is 65.0. The molecule has 50 heavy (non-hydrogen) atoms. The summed E-state index contributed by atoms with van der Waals surface area (Å²) in [7, 11) is 0. The summed E-state index contributed by atoms with van der Waals surface area (Å²) in [5.41, 5.74) is 2.61. The van der Waals surface area contributed by atoms with Gasteiger partial charge in [0.2, 0.25) is 0 Å². The Labute approximate surface area is 325 Å². The monoisotopic (exact) mass is 1070 g/mol. The molecule has 0 bridgehead atoms. The summed E-state index contributed by atoms with van der Waals surface area (Å²) < 4.78 is 0. The van der Waals surface area contributed by atoms with Gasteiger partial charge in [-0.2, -0.15) is 0 Å². The fourth-order valence-electron chi connectivity index (χ4n) is 1.53. The van der Waals surface area contributed by atoms with Crippen LogP contribution in [-0.4, -0.2) is 65.3 Å². The van der Waals surface area contributed by atoms with Crippen LogP contribution < -0.4 is 0 Å². The molecule has 0 aromatic heterocycles. The van der Waals surface area contributed by atoms with E-state index in [1.807, 2.05) is 0 Å². The Bertz CT molecular complexity index is 1050. The van der Waals surface area contributed by atoms with Gasteiger partial charge in [0.1, 0.15) is 0 Å². The first-order chi connectivity index (χ1) is 21.3. The molecule has 0 atom stereocenters. The zero-order valence-corrected chi connectivity index (χ0v) is 37.6. The van der Waals surface area contributed by atoms with Gasteiger partial charge in [0.25, 0.3) is 0 Å². The fourth-order valence-corrected chi connectivity index (χ4v) is 1.53. The fraction of sp³-hybridized carbons (Fsp3) is 0.500. The minimum atomic E-state index is -0.0787. The van der Waals surface area contributed by atoms with Gasteiger partial charge < -0.3 is 30.6 Å². The second kappa shape index (κ2) is 35.4. The summed E-state index contributed by atoms with van der Waals surface area (Å²) in [6, 6.07) is 0. The third kappa shape index (κ3) is 42.6. The molecule has 6 N–H and O–H groups in total. The van der Waals surface area contributed by atoms with Gasteiger partial charge in [0.15, 0.2) is 34.7 Å². The van der Waals surface area contributed by atoms with Crippen LogP contribution in [0.25, 0.3) is 0 Å². The maximum absolute atomic E-state index is 10.4. The number of aliphatic hydroxyl groups is 6. The number of rotatable bonds is 6. The molecule has 0 aromatic carbocycles. The predicted molar refractivity (Wildman–Crippen MR) is 190 cm³/mol. The van der Waals surface area contributed by atoms with Crippen molar-refractivity contribution in [3.05, 3.63) is 68.0 Å². The van der Waals surface area contributed by atoms with Crippen LogP contribution in [0.1, 0.15) is 125 Å². The van der Waals surface area contributed by atoms with E-state index in [0.717, 1.165) is 0 Å². The van der Waals surface area contributed by atoms with Crippen molar-refractivity contribution in [2.24, 2.45) is 0 Å². The third-order valence-electron chi connectivity index (χ3n) is 6.42. The molecule has 0 rings (SSSR count). The van der Waals surface area contributed by atoms with Crippen molar-refractivity contribution in [3.63, 3.8) is 0 Å². The van der Waals surface area contributed by atoms with Crippen molar-refractivity contribution in [1.82, 2.24) is 0 Å². The smallest absolute Gasteiger partial charge is 0.158 e. The van der Waals surface area contributed by atoms with E-state index in [9.17, 15) is 28.8 Å². The first-order valence-corrected chi connectivity index (χ1v) is 14.6. The topological polar surface area (TPSA) is 224 Å². The Morgan fingerprint density at radius 3 is 0.280 bits per heavy atom. The average molecular weight is 1070 g/mol. The van der Waals surface area contributed by atoms with Crippen molar-refractivity contribution in [3.8, 4) is 0 Å². The summed E-state index contributed by atoms with van der Waals surface area (Å²) in [6.45, 7) is 27.1. The summed E-state index contributed by atoms with van der Waals surface area (Å²) in [6.07, 6.45) is 0. The molecule has 2 radical (unpaired) electrons. The number of Topliss-reactive ketones (excluding diaryl/α,β-unsaturated/α-hetero) is 6. The van der Waals surface area contributed by atoms with Crippen LogP contribution in [0.5, 0.6) is 0 Å². The minimum absolute atomic E-state index is 0. The Balaban J connectivity index is -0.0000000700. The average Bonchev–Trinajstić information content (AvgIpc) is 2.95.